The summed E-state index contributed by atoms with van der Waals surface area (Å²) in [5.41, 5.74) is 1.83. The summed E-state index contributed by atoms with van der Waals surface area (Å²) < 4.78 is 5.69. The second kappa shape index (κ2) is 5.99. The van der Waals surface area contributed by atoms with E-state index in [2.05, 4.69) is 23.2 Å². The molecule has 3 heteroatoms. The molecule has 0 spiro atoms. The third-order valence-corrected chi connectivity index (χ3v) is 2.44. The van der Waals surface area contributed by atoms with Crippen molar-refractivity contribution < 1.29 is 4.74 Å². The van der Waals surface area contributed by atoms with Crippen molar-refractivity contribution in [2.45, 2.75) is 19.8 Å². The Kier molecular flexibility index (Phi) is 4.08. The summed E-state index contributed by atoms with van der Waals surface area (Å²) in [6.07, 6.45) is 6.43. The monoisotopic (exact) mass is 227 g/mol. The SMILES string of the molecule is CCCCOc1cn[c]nc1-c1ccccc1. The molecule has 2 rings (SSSR count). The van der Waals surface area contributed by atoms with E-state index >= 15 is 0 Å². The van der Waals surface area contributed by atoms with Crippen LogP contribution in [0.2, 0.25) is 0 Å². The molecule has 87 valence electrons. The summed E-state index contributed by atoms with van der Waals surface area (Å²) in [7, 11) is 0. The lowest BCUT2D eigenvalue weighted by Crippen LogP contribution is -2.00. The van der Waals surface area contributed by atoms with Crippen LogP contribution in [0.3, 0.4) is 0 Å². The first kappa shape index (κ1) is 11.6. The summed E-state index contributed by atoms with van der Waals surface area (Å²) >= 11 is 0. The van der Waals surface area contributed by atoms with Gasteiger partial charge in [0.25, 0.3) is 0 Å². The normalized spacial score (nSPS) is 10.2. The fourth-order valence-corrected chi connectivity index (χ4v) is 1.52. The van der Waals surface area contributed by atoms with Crippen LogP contribution in [0.4, 0.5) is 0 Å². The third kappa shape index (κ3) is 3.03. The van der Waals surface area contributed by atoms with Gasteiger partial charge in [-0.2, -0.15) is 0 Å². The Morgan fingerprint density at radius 1 is 1.24 bits per heavy atom. The highest BCUT2D eigenvalue weighted by atomic mass is 16.5. The molecule has 0 amide bonds. The minimum Gasteiger partial charge on any atom is -0.490 e. The Hall–Kier alpha value is -1.90. The Morgan fingerprint density at radius 2 is 2.06 bits per heavy atom. The molecule has 0 bridgehead atoms. The summed E-state index contributed by atoms with van der Waals surface area (Å²) in [6, 6.07) is 9.94. The zero-order valence-electron chi connectivity index (χ0n) is 9.89. The topological polar surface area (TPSA) is 35.0 Å². The smallest absolute Gasteiger partial charge is 0.198 e. The zero-order valence-corrected chi connectivity index (χ0v) is 9.89. The van der Waals surface area contributed by atoms with Crippen molar-refractivity contribution >= 4 is 0 Å². The predicted molar refractivity (Wildman–Crippen MR) is 66.7 cm³/mol. The Morgan fingerprint density at radius 3 is 2.82 bits per heavy atom. The summed E-state index contributed by atoms with van der Waals surface area (Å²) in [6.45, 7) is 2.83. The molecule has 0 aliphatic heterocycles. The molecule has 0 atom stereocenters. The molecule has 1 radical (unpaired) electrons. The van der Waals surface area contributed by atoms with Gasteiger partial charge >= 0.3 is 0 Å². The molecule has 0 fully saturated rings. The average Bonchev–Trinajstić information content (AvgIpc) is 2.41. The van der Waals surface area contributed by atoms with Crippen LogP contribution >= 0.6 is 0 Å². The molecule has 1 heterocycles. The summed E-state index contributed by atoms with van der Waals surface area (Å²) in [5.74, 6) is 0.725. The van der Waals surface area contributed by atoms with Gasteiger partial charge in [-0.3, -0.25) is 0 Å². The van der Waals surface area contributed by atoms with Crippen molar-refractivity contribution in [3.8, 4) is 17.0 Å². The molecule has 0 aliphatic rings. The second-order valence-electron chi connectivity index (χ2n) is 3.75. The molecule has 2 aromatic rings. The average molecular weight is 227 g/mol. The molecule has 0 saturated heterocycles. The first-order valence-corrected chi connectivity index (χ1v) is 5.83. The highest BCUT2D eigenvalue weighted by Crippen LogP contribution is 2.26. The predicted octanol–water partition coefficient (Wildman–Crippen LogP) is 3.12. The van der Waals surface area contributed by atoms with Crippen LogP contribution in [0.5, 0.6) is 5.75 Å². The number of hydrogen-bond acceptors (Lipinski definition) is 3. The van der Waals surface area contributed by atoms with Crippen LogP contribution in [0.15, 0.2) is 36.5 Å². The first-order valence-electron chi connectivity index (χ1n) is 5.83. The molecule has 1 aromatic heterocycles. The standard InChI is InChI=1S/C14H15N2O/c1-2-3-9-17-13-10-15-11-16-14(13)12-7-5-4-6-8-12/h4-8,10H,2-3,9H2,1H3. The number of unbranched alkanes of at least 4 members (excludes halogenated alkanes) is 1. The van der Waals surface area contributed by atoms with Gasteiger partial charge in [-0.25, -0.2) is 9.97 Å². The molecule has 17 heavy (non-hydrogen) atoms. The van der Waals surface area contributed by atoms with E-state index in [0.29, 0.717) is 6.61 Å². The van der Waals surface area contributed by atoms with Gasteiger partial charge in [0.05, 0.1) is 12.8 Å². The maximum absolute atomic E-state index is 5.69. The van der Waals surface area contributed by atoms with E-state index in [-0.39, 0.29) is 0 Å². The molecule has 0 N–H and O–H groups in total. The number of hydrogen-bond donors (Lipinski definition) is 0. The summed E-state index contributed by atoms with van der Waals surface area (Å²) in [5, 5.41) is 0. The van der Waals surface area contributed by atoms with Crippen molar-refractivity contribution in [3.05, 3.63) is 42.9 Å². The van der Waals surface area contributed by atoms with Gasteiger partial charge in [-0.15, -0.1) is 0 Å². The number of nitrogens with zero attached hydrogens (tertiary/aromatic N) is 2. The van der Waals surface area contributed by atoms with Gasteiger partial charge in [-0.05, 0) is 6.42 Å². The maximum Gasteiger partial charge on any atom is 0.198 e. The van der Waals surface area contributed by atoms with E-state index in [9.17, 15) is 0 Å². The molecular weight excluding hydrogens is 212 g/mol. The van der Waals surface area contributed by atoms with E-state index in [1.54, 1.807) is 6.20 Å². The van der Waals surface area contributed by atoms with E-state index < -0.39 is 0 Å². The van der Waals surface area contributed by atoms with Gasteiger partial charge in [0.1, 0.15) is 5.69 Å². The fraction of sp³-hybridized carbons (Fsp3) is 0.286. The highest BCUT2D eigenvalue weighted by Gasteiger charge is 2.07. The van der Waals surface area contributed by atoms with Gasteiger partial charge < -0.3 is 4.74 Å². The van der Waals surface area contributed by atoms with Gasteiger partial charge in [0, 0.05) is 5.56 Å². The highest BCUT2D eigenvalue weighted by molar-refractivity contribution is 5.65. The van der Waals surface area contributed by atoms with Gasteiger partial charge in [0.15, 0.2) is 12.1 Å². The largest absolute Gasteiger partial charge is 0.490 e. The van der Waals surface area contributed by atoms with Gasteiger partial charge in [0.2, 0.25) is 0 Å². The molecular formula is C14H15N2O. The molecule has 0 aliphatic carbocycles. The van der Waals surface area contributed by atoms with Crippen molar-refractivity contribution in [1.29, 1.82) is 0 Å². The van der Waals surface area contributed by atoms with Crippen LogP contribution in [0.1, 0.15) is 19.8 Å². The zero-order chi connectivity index (χ0) is 11.9. The number of aromatic nitrogens is 2. The van der Waals surface area contributed by atoms with Crippen LogP contribution in [-0.4, -0.2) is 16.6 Å². The fourth-order valence-electron chi connectivity index (χ4n) is 1.52. The van der Waals surface area contributed by atoms with E-state index in [0.717, 1.165) is 29.8 Å². The summed E-state index contributed by atoms with van der Waals surface area (Å²) in [4.78, 5) is 8.06. The quantitative estimate of drug-likeness (QED) is 0.736. The third-order valence-electron chi connectivity index (χ3n) is 2.44. The first-order chi connectivity index (χ1) is 8.42. The van der Waals surface area contributed by atoms with E-state index in [1.807, 2.05) is 30.3 Å². The Balaban J connectivity index is 2.22. The molecule has 3 nitrogen and oxygen atoms in total. The van der Waals surface area contributed by atoms with Crippen LogP contribution in [0, 0.1) is 6.33 Å². The lowest BCUT2D eigenvalue weighted by Gasteiger charge is -2.09. The van der Waals surface area contributed by atoms with Crippen molar-refractivity contribution in [3.63, 3.8) is 0 Å². The van der Waals surface area contributed by atoms with E-state index in [1.165, 1.54) is 0 Å². The molecule has 1 aromatic carbocycles. The van der Waals surface area contributed by atoms with Crippen LogP contribution < -0.4 is 4.74 Å². The minimum atomic E-state index is 0.698. The van der Waals surface area contributed by atoms with Crippen molar-refractivity contribution in [1.82, 2.24) is 9.97 Å². The maximum atomic E-state index is 5.69. The minimum absolute atomic E-state index is 0.698. The van der Waals surface area contributed by atoms with Crippen LogP contribution in [-0.2, 0) is 0 Å². The Labute approximate surface area is 102 Å². The van der Waals surface area contributed by atoms with Gasteiger partial charge in [-0.1, -0.05) is 43.7 Å². The number of ether oxygens (including phenoxy) is 1. The van der Waals surface area contributed by atoms with Crippen molar-refractivity contribution in [2.75, 3.05) is 6.61 Å². The molecule has 0 saturated carbocycles. The number of rotatable bonds is 5. The molecule has 0 unspecified atom stereocenters. The lowest BCUT2D eigenvalue weighted by atomic mass is 10.1. The van der Waals surface area contributed by atoms with Crippen molar-refractivity contribution in [2.24, 2.45) is 0 Å². The Bertz CT molecular complexity index is 457. The second-order valence-corrected chi connectivity index (χ2v) is 3.75. The number of benzene rings is 1. The van der Waals surface area contributed by atoms with Crippen LogP contribution in [0.25, 0.3) is 11.3 Å². The van der Waals surface area contributed by atoms with E-state index in [4.69, 9.17) is 4.74 Å². The lowest BCUT2D eigenvalue weighted by molar-refractivity contribution is 0.308.